The van der Waals surface area contributed by atoms with Gasteiger partial charge in [0.25, 0.3) is 0 Å². The molecule has 1 rings (SSSR count). The number of carbonyl (C=O) groups is 1. The van der Waals surface area contributed by atoms with Crippen LogP contribution in [0.4, 0.5) is 4.79 Å². The van der Waals surface area contributed by atoms with Crippen LogP contribution in [0.3, 0.4) is 0 Å². The van der Waals surface area contributed by atoms with E-state index < -0.39 is 6.16 Å². The van der Waals surface area contributed by atoms with Gasteiger partial charge in [-0.15, -0.1) is 12.4 Å². The number of hydrogen-bond donors (Lipinski definition) is 1. The molecule has 0 spiro atoms. The number of ether oxygens (including phenoxy) is 2. The molecule has 0 saturated carbocycles. The van der Waals surface area contributed by atoms with E-state index in [9.17, 15) is 4.79 Å². The maximum absolute atomic E-state index is 10.3. The molecule has 0 aliphatic carbocycles. The van der Waals surface area contributed by atoms with Crippen LogP contribution in [-0.2, 0) is 9.47 Å². The second kappa shape index (κ2) is 4.35. The van der Waals surface area contributed by atoms with Crippen LogP contribution >= 0.6 is 12.4 Å². The summed E-state index contributed by atoms with van der Waals surface area (Å²) in [7, 11) is 1.30. The van der Waals surface area contributed by atoms with Gasteiger partial charge in [0.1, 0.15) is 6.10 Å². The predicted octanol–water partition coefficient (Wildman–Crippen LogP) is 0.163. The Hall–Kier alpha value is -0.480. The van der Waals surface area contributed by atoms with Crippen molar-refractivity contribution in [2.75, 3.05) is 20.2 Å². The summed E-state index contributed by atoms with van der Waals surface area (Å²) >= 11 is 0. The summed E-state index contributed by atoms with van der Waals surface area (Å²) in [5.74, 6) is 0. The topological polar surface area (TPSA) is 47.6 Å². The van der Waals surface area contributed by atoms with Crippen LogP contribution in [0.15, 0.2) is 0 Å². The van der Waals surface area contributed by atoms with Crippen LogP contribution in [0.5, 0.6) is 0 Å². The molecule has 60 valence electrons. The van der Waals surface area contributed by atoms with E-state index in [4.69, 9.17) is 4.74 Å². The molecule has 1 fully saturated rings. The highest BCUT2D eigenvalue weighted by Crippen LogP contribution is 1.98. The van der Waals surface area contributed by atoms with Crippen molar-refractivity contribution in [3.05, 3.63) is 0 Å². The van der Waals surface area contributed by atoms with Gasteiger partial charge in [0.15, 0.2) is 0 Å². The number of hydrogen-bond acceptors (Lipinski definition) is 4. The van der Waals surface area contributed by atoms with Crippen molar-refractivity contribution in [2.45, 2.75) is 6.10 Å². The summed E-state index contributed by atoms with van der Waals surface area (Å²) in [6, 6.07) is 0. The van der Waals surface area contributed by atoms with Crippen LogP contribution in [0.2, 0.25) is 0 Å². The van der Waals surface area contributed by atoms with E-state index >= 15 is 0 Å². The summed E-state index contributed by atoms with van der Waals surface area (Å²) in [6.07, 6.45) is -0.570. The predicted molar refractivity (Wildman–Crippen MR) is 37.4 cm³/mol. The molecular formula is C5H10ClNO3. The Kier molecular flexibility index (Phi) is 4.14. The van der Waals surface area contributed by atoms with Gasteiger partial charge in [-0.25, -0.2) is 4.79 Å². The first-order valence-electron chi connectivity index (χ1n) is 2.78. The highest BCUT2D eigenvalue weighted by molar-refractivity contribution is 5.85. The monoisotopic (exact) mass is 167 g/mol. The third kappa shape index (κ3) is 2.41. The largest absolute Gasteiger partial charge is 0.508 e. The van der Waals surface area contributed by atoms with Crippen molar-refractivity contribution in [1.82, 2.24) is 5.32 Å². The Balaban J connectivity index is 0.000000810. The van der Waals surface area contributed by atoms with Gasteiger partial charge in [0.2, 0.25) is 0 Å². The molecule has 4 nitrogen and oxygen atoms in total. The molecule has 0 atom stereocenters. The Morgan fingerprint density at radius 2 is 2.20 bits per heavy atom. The summed E-state index contributed by atoms with van der Waals surface area (Å²) in [4.78, 5) is 10.3. The van der Waals surface area contributed by atoms with E-state index in [2.05, 4.69) is 10.1 Å². The Bertz CT molecular complexity index is 115. The second-order valence-electron chi connectivity index (χ2n) is 1.85. The maximum atomic E-state index is 10.3. The van der Waals surface area contributed by atoms with Crippen LogP contribution in [0, 0.1) is 0 Å². The zero-order valence-electron chi connectivity index (χ0n) is 5.62. The number of carbonyl (C=O) groups excluding carboxylic acids is 1. The van der Waals surface area contributed by atoms with Crippen molar-refractivity contribution < 1.29 is 14.3 Å². The van der Waals surface area contributed by atoms with E-state index in [0.717, 1.165) is 13.1 Å². The zero-order chi connectivity index (χ0) is 6.69. The molecular weight excluding hydrogens is 158 g/mol. The first kappa shape index (κ1) is 9.52. The van der Waals surface area contributed by atoms with Crippen LogP contribution in [-0.4, -0.2) is 32.5 Å². The normalized spacial score (nSPS) is 16.5. The first-order valence-corrected chi connectivity index (χ1v) is 2.78. The molecule has 10 heavy (non-hydrogen) atoms. The maximum Gasteiger partial charge on any atom is 0.508 e. The lowest BCUT2D eigenvalue weighted by Gasteiger charge is -2.25. The molecule has 1 heterocycles. The van der Waals surface area contributed by atoms with Gasteiger partial charge in [-0.1, -0.05) is 0 Å². The van der Waals surface area contributed by atoms with E-state index in [-0.39, 0.29) is 18.5 Å². The average molecular weight is 168 g/mol. The molecule has 1 N–H and O–H groups in total. The lowest BCUT2D eigenvalue weighted by molar-refractivity contribution is 0.0172. The smallest absolute Gasteiger partial charge is 0.438 e. The van der Waals surface area contributed by atoms with E-state index in [0.29, 0.717) is 0 Å². The fourth-order valence-corrected chi connectivity index (χ4v) is 0.530. The minimum absolute atomic E-state index is 0. The van der Waals surface area contributed by atoms with Crippen molar-refractivity contribution in [2.24, 2.45) is 0 Å². The molecule has 1 aliphatic rings. The first-order chi connectivity index (χ1) is 4.33. The minimum Gasteiger partial charge on any atom is -0.438 e. The molecule has 0 unspecified atom stereocenters. The molecule has 0 radical (unpaired) electrons. The highest BCUT2D eigenvalue weighted by Gasteiger charge is 2.20. The average Bonchev–Trinajstić information content (AvgIpc) is 1.78. The van der Waals surface area contributed by atoms with E-state index in [1.54, 1.807) is 0 Å². The zero-order valence-corrected chi connectivity index (χ0v) is 6.44. The standard InChI is InChI=1S/C5H9NO3.ClH/c1-8-5(7)9-4-2-6-3-4;/h4,6H,2-3H2,1H3;1H. The molecule has 1 aliphatic heterocycles. The van der Waals surface area contributed by atoms with Crippen LogP contribution < -0.4 is 5.32 Å². The fourth-order valence-electron chi connectivity index (χ4n) is 0.530. The van der Waals surface area contributed by atoms with Crippen molar-refractivity contribution in [3.8, 4) is 0 Å². The number of rotatable bonds is 1. The molecule has 0 bridgehead atoms. The van der Waals surface area contributed by atoms with Gasteiger partial charge >= 0.3 is 6.16 Å². The van der Waals surface area contributed by atoms with Crippen LogP contribution in [0.1, 0.15) is 0 Å². The van der Waals surface area contributed by atoms with Crippen molar-refractivity contribution in [1.29, 1.82) is 0 Å². The second-order valence-corrected chi connectivity index (χ2v) is 1.85. The third-order valence-electron chi connectivity index (χ3n) is 1.17. The van der Waals surface area contributed by atoms with Gasteiger partial charge in [0, 0.05) is 13.1 Å². The molecule has 0 aromatic carbocycles. The lowest BCUT2D eigenvalue weighted by Crippen LogP contribution is -2.49. The SMILES string of the molecule is COC(=O)OC1CNC1.Cl. The van der Waals surface area contributed by atoms with Gasteiger partial charge < -0.3 is 14.8 Å². The lowest BCUT2D eigenvalue weighted by atomic mass is 10.2. The van der Waals surface area contributed by atoms with Crippen molar-refractivity contribution in [3.63, 3.8) is 0 Å². The number of nitrogens with one attached hydrogen (secondary N) is 1. The van der Waals surface area contributed by atoms with Gasteiger partial charge in [-0.3, -0.25) is 0 Å². The van der Waals surface area contributed by atoms with Crippen molar-refractivity contribution >= 4 is 18.6 Å². The number of halogens is 1. The molecule has 0 aromatic heterocycles. The summed E-state index contributed by atoms with van der Waals surface area (Å²) in [5.41, 5.74) is 0. The summed E-state index contributed by atoms with van der Waals surface area (Å²) in [5, 5.41) is 2.96. The molecule has 0 aromatic rings. The van der Waals surface area contributed by atoms with Gasteiger partial charge in [0.05, 0.1) is 7.11 Å². The van der Waals surface area contributed by atoms with Crippen LogP contribution in [0.25, 0.3) is 0 Å². The highest BCUT2D eigenvalue weighted by atomic mass is 35.5. The quantitative estimate of drug-likeness (QED) is 0.566. The van der Waals surface area contributed by atoms with Gasteiger partial charge in [-0.2, -0.15) is 0 Å². The summed E-state index contributed by atoms with van der Waals surface area (Å²) < 4.78 is 8.98. The molecule has 5 heteroatoms. The van der Waals surface area contributed by atoms with E-state index in [1.807, 2.05) is 0 Å². The number of methoxy groups -OCH3 is 1. The van der Waals surface area contributed by atoms with E-state index in [1.165, 1.54) is 7.11 Å². The third-order valence-corrected chi connectivity index (χ3v) is 1.17. The summed E-state index contributed by atoms with van der Waals surface area (Å²) in [6.45, 7) is 1.49. The molecule has 0 amide bonds. The Labute approximate surface area is 65.3 Å². The fraction of sp³-hybridized carbons (Fsp3) is 0.800. The minimum atomic E-state index is -0.596. The molecule has 1 saturated heterocycles. The van der Waals surface area contributed by atoms with Gasteiger partial charge in [-0.05, 0) is 0 Å². The Morgan fingerprint density at radius 1 is 1.60 bits per heavy atom. The Morgan fingerprint density at radius 3 is 2.50 bits per heavy atom.